The lowest BCUT2D eigenvalue weighted by Gasteiger charge is -2.01. The first-order valence-electron chi connectivity index (χ1n) is 3.51. The van der Waals surface area contributed by atoms with Crippen LogP contribution in [0.5, 0.6) is 0 Å². The summed E-state index contributed by atoms with van der Waals surface area (Å²) in [7, 11) is 0. The number of aliphatic hydroxyl groups excluding tert-OH is 1. The average Bonchev–Trinajstić information content (AvgIpc) is 2.03. The summed E-state index contributed by atoms with van der Waals surface area (Å²) in [6.07, 6.45) is 2.04. The Bertz CT molecular complexity index is 223. The van der Waals surface area contributed by atoms with Crippen LogP contribution in [0.25, 0.3) is 0 Å². The van der Waals surface area contributed by atoms with Gasteiger partial charge in [0.25, 0.3) is 0 Å². The molecule has 0 saturated heterocycles. The minimum Gasteiger partial charge on any atom is -0.392 e. The summed E-state index contributed by atoms with van der Waals surface area (Å²) < 4.78 is 0. The minimum absolute atomic E-state index is 0.134. The zero-order chi connectivity index (χ0) is 8.27. The van der Waals surface area contributed by atoms with E-state index < -0.39 is 0 Å². The average molecular weight is 168 g/mol. The summed E-state index contributed by atoms with van der Waals surface area (Å²) in [5.41, 5.74) is 2.20. The van der Waals surface area contributed by atoms with Crippen molar-refractivity contribution in [2.24, 2.45) is 0 Å². The molecule has 1 nitrogen and oxygen atoms in total. The maximum absolute atomic E-state index is 8.87. The number of hydrogen-bond donors (Lipinski definition) is 1. The molecule has 0 aliphatic carbocycles. The number of hydrogen-bond acceptors (Lipinski definition) is 2. The van der Waals surface area contributed by atoms with Crippen molar-refractivity contribution in [1.82, 2.24) is 0 Å². The largest absolute Gasteiger partial charge is 0.392 e. The molecule has 0 spiro atoms. The summed E-state index contributed by atoms with van der Waals surface area (Å²) in [6, 6.07) is 6.13. The van der Waals surface area contributed by atoms with Crippen molar-refractivity contribution in [3.8, 4) is 0 Å². The van der Waals surface area contributed by atoms with Crippen LogP contribution in [0.15, 0.2) is 23.1 Å². The third-order valence-corrected chi connectivity index (χ3v) is 2.24. The summed E-state index contributed by atoms with van der Waals surface area (Å²) in [5, 5.41) is 8.87. The van der Waals surface area contributed by atoms with Gasteiger partial charge in [-0.25, -0.2) is 0 Å². The Morgan fingerprint density at radius 1 is 1.36 bits per heavy atom. The van der Waals surface area contributed by atoms with Crippen LogP contribution in [0, 0.1) is 6.92 Å². The zero-order valence-corrected chi connectivity index (χ0v) is 7.61. The molecule has 1 aromatic carbocycles. The Morgan fingerprint density at radius 2 is 2.09 bits per heavy atom. The molecule has 0 fully saturated rings. The van der Waals surface area contributed by atoms with E-state index in [0.29, 0.717) is 0 Å². The van der Waals surface area contributed by atoms with E-state index in [-0.39, 0.29) is 6.61 Å². The monoisotopic (exact) mass is 168 g/mol. The molecule has 0 radical (unpaired) electrons. The molecule has 0 heterocycles. The Morgan fingerprint density at radius 3 is 2.64 bits per heavy atom. The number of thioether (sulfide) groups is 1. The Balaban J connectivity index is 3.02. The van der Waals surface area contributed by atoms with Gasteiger partial charge in [-0.15, -0.1) is 11.8 Å². The smallest absolute Gasteiger partial charge is 0.0682 e. The highest BCUT2D eigenvalue weighted by Crippen LogP contribution is 2.18. The van der Waals surface area contributed by atoms with Gasteiger partial charge >= 0.3 is 0 Å². The quantitative estimate of drug-likeness (QED) is 0.683. The lowest BCUT2D eigenvalue weighted by molar-refractivity contribution is 0.281. The molecule has 0 bridgehead atoms. The van der Waals surface area contributed by atoms with E-state index in [1.54, 1.807) is 11.8 Å². The van der Waals surface area contributed by atoms with E-state index >= 15 is 0 Å². The predicted molar refractivity (Wildman–Crippen MR) is 48.9 cm³/mol. The molecular formula is C9H12OS. The van der Waals surface area contributed by atoms with Gasteiger partial charge in [0.05, 0.1) is 6.61 Å². The van der Waals surface area contributed by atoms with Crippen LogP contribution in [0.2, 0.25) is 0 Å². The first-order valence-corrected chi connectivity index (χ1v) is 4.74. The molecule has 0 aliphatic heterocycles. The lowest BCUT2D eigenvalue weighted by atomic mass is 10.1. The fraction of sp³-hybridized carbons (Fsp3) is 0.333. The van der Waals surface area contributed by atoms with Gasteiger partial charge in [-0.2, -0.15) is 0 Å². The van der Waals surface area contributed by atoms with Gasteiger partial charge in [0, 0.05) is 4.90 Å². The Labute approximate surface area is 71.4 Å². The number of aliphatic hydroxyl groups is 1. The van der Waals surface area contributed by atoms with Gasteiger partial charge in [0.1, 0.15) is 0 Å². The van der Waals surface area contributed by atoms with Crippen LogP contribution < -0.4 is 0 Å². The Hall–Kier alpha value is -0.470. The normalized spacial score (nSPS) is 10.1. The standard InChI is InChI=1S/C9H12OS/c1-7-3-8(6-10)5-9(4-7)11-2/h3-5,10H,6H2,1-2H3. The fourth-order valence-electron chi connectivity index (χ4n) is 1.03. The van der Waals surface area contributed by atoms with Crippen LogP contribution in [0.1, 0.15) is 11.1 Å². The van der Waals surface area contributed by atoms with E-state index in [1.807, 2.05) is 25.3 Å². The van der Waals surface area contributed by atoms with Crippen LogP contribution in [-0.2, 0) is 6.61 Å². The van der Waals surface area contributed by atoms with E-state index in [2.05, 4.69) is 6.07 Å². The van der Waals surface area contributed by atoms with Gasteiger partial charge in [-0.05, 0) is 36.4 Å². The first kappa shape index (κ1) is 8.62. The van der Waals surface area contributed by atoms with Crippen LogP contribution in [0.3, 0.4) is 0 Å². The molecule has 0 aliphatic rings. The molecule has 0 atom stereocenters. The predicted octanol–water partition coefficient (Wildman–Crippen LogP) is 2.21. The van der Waals surface area contributed by atoms with E-state index in [9.17, 15) is 0 Å². The molecule has 0 aromatic heterocycles. The van der Waals surface area contributed by atoms with Crippen LogP contribution >= 0.6 is 11.8 Å². The zero-order valence-electron chi connectivity index (χ0n) is 6.79. The SMILES string of the molecule is CSc1cc(C)cc(CO)c1. The van der Waals surface area contributed by atoms with Crippen molar-refractivity contribution in [3.63, 3.8) is 0 Å². The molecule has 0 unspecified atom stereocenters. The summed E-state index contributed by atoms with van der Waals surface area (Å²) >= 11 is 1.70. The molecule has 1 N–H and O–H groups in total. The second kappa shape index (κ2) is 3.79. The molecule has 0 saturated carbocycles. The maximum Gasteiger partial charge on any atom is 0.0682 e. The van der Waals surface area contributed by atoms with Crippen molar-refractivity contribution in [1.29, 1.82) is 0 Å². The maximum atomic E-state index is 8.87. The first-order chi connectivity index (χ1) is 5.26. The topological polar surface area (TPSA) is 20.2 Å². The third-order valence-electron chi connectivity index (χ3n) is 1.53. The third kappa shape index (κ3) is 2.24. The van der Waals surface area contributed by atoms with Gasteiger partial charge in [0.15, 0.2) is 0 Å². The highest BCUT2D eigenvalue weighted by molar-refractivity contribution is 7.98. The van der Waals surface area contributed by atoms with Crippen molar-refractivity contribution in [2.75, 3.05) is 6.26 Å². The van der Waals surface area contributed by atoms with Crippen molar-refractivity contribution in [2.45, 2.75) is 18.4 Å². The summed E-state index contributed by atoms with van der Waals surface area (Å²) in [4.78, 5) is 1.22. The van der Waals surface area contributed by atoms with Gasteiger partial charge < -0.3 is 5.11 Å². The molecule has 60 valence electrons. The molecule has 0 amide bonds. The molecule has 2 heteroatoms. The fourth-order valence-corrected chi connectivity index (χ4v) is 1.61. The highest BCUT2D eigenvalue weighted by atomic mass is 32.2. The van der Waals surface area contributed by atoms with E-state index in [4.69, 9.17) is 5.11 Å². The molecular weight excluding hydrogens is 156 g/mol. The molecule has 1 rings (SSSR count). The van der Waals surface area contributed by atoms with Gasteiger partial charge in [0.2, 0.25) is 0 Å². The molecule has 11 heavy (non-hydrogen) atoms. The minimum atomic E-state index is 0.134. The summed E-state index contributed by atoms with van der Waals surface area (Å²) in [6.45, 7) is 2.17. The summed E-state index contributed by atoms with van der Waals surface area (Å²) in [5.74, 6) is 0. The molecule has 1 aromatic rings. The lowest BCUT2D eigenvalue weighted by Crippen LogP contribution is -1.85. The van der Waals surface area contributed by atoms with Gasteiger partial charge in [-0.1, -0.05) is 6.07 Å². The Kier molecular flexibility index (Phi) is 2.97. The highest BCUT2D eigenvalue weighted by Gasteiger charge is 1.95. The number of aryl methyl sites for hydroxylation is 1. The number of benzene rings is 1. The van der Waals surface area contributed by atoms with Crippen LogP contribution in [-0.4, -0.2) is 11.4 Å². The number of rotatable bonds is 2. The van der Waals surface area contributed by atoms with Crippen molar-refractivity contribution in [3.05, 3.63) is 29.3 Å². The second-order valence-electron chi connectivity index (χ2n) is 2.52. The van der Waals surface area contributed by atoms with Crippen molar-refractivity contribution < 1.29 is 5.11 Å². The van der Waals surface area contributed by atoms with E-state index in [0.717, 1.165) is 5.56 Å². The van der Waals surface area contributed by atoms with Crippen molar-refractivity contribution >= 4 is 11.8 Å². The van der Waals surface area contributed by atoms with Gasteiger partial charge in [-0.3, -0.25) is 0 Å². The second-order valence-corrected chi connectivity index (χ2v) is 3.40. The van der Waals surface area contributed by atoms with Crippen LogP contribution in [0.4, 0.5) is 0 Å². The van der Waals surface area contributed by atoms with E-state index in [1.165, 1.54) is 10.5 Å².